The Morgan fingerprint density at radius 1 is 1.02 bits per heavy atom. The van der Waals surface area contributed by atoms with Gasteiger partial charge in [-0.2, -0.15) is 0 Å². The number of nitrogens with zero attached hydrogens (tertiary/aromatic N) is 5. The maximum absolute atomic E-state index is 6.72. The van der Waals surface area contributed by atoms with Gasteiger partial charge in [0.05, 0.1) is 12.3 Å². The van der Waals surface area contributed by atoms with Crippen molar-refractivity contribution < 1.29 is 0 Å². The Kier molecular flexibility index (Phi) is 7.31. The van der Waals surface area contributed by atoms with Gasteiger partial charge < -0.3 is 10.2 Å². The molecule has 2 aliphatic rings. The molecule has 6 rings (SSSR count). The third-order valence-corrected chi connectivity index (χ3v) is 9.99. The van der Waals surface area contributed by atoms with Crippen LogP contribution in [0.5, 0.6) is 0 Å². The van der Waals surface area contributed by atoms with E-state index in [1.807, 2.05) is 25.1 Å². The SMILES string of the molecule is Cc1nnc2n1-c1sc3c(c1C(c1ccccc1Cl)=NC2)CCN(C(=S)Nc1ccc(C(C)(C)C)cc1C(C)(C)C)C3. The van der Waals surface area contributed by atoms with Crippen LogP contribution in [0.1, 0.15) is 85.9 Å². The summed E-state index contributed by atoms with van der Waals surface area (Å²) in [6, 6.07) is 14.7. The Bertz CT molecular complexity index is 1730. The first-order chi connectivity index (χ1) is 19.8. The first-order valence-corrected chi connectivity index (χ1v) is 16.0. The van der Waals surface area contributed by atoms with Gasteiger partial charge in [0.25, 0.3) is 0 Å². The molecule has 42 heavy (non-hydrogen) atoms. The van der Waals surface area contributed by atoms with Crippen molar-refractivity contribution >= 4 is 51.7 Å². The molecule has 1 N–H and O–H groups in total. The third-order valence-electron chi connectivity index (χ3n) is 8.10. The number of halogens is 1. The maximum atomic E-state index is 6.72. The molecule has 0 amide bonds. The molecule has 2 aromatic carbocycles. The summed E-state index contributed by atoms with van der Waals surface area (Å²) in [7, 11) is 0. The molecule has 0 saturated heterocycles. The highest BCUT2D eigenvalue weighted by atomic mass is 35.5. The highest BCUT2D eigenvalue weighted by Gasteiger charge is 2.33. The van der Waals surface area contributed by atoms with Crippen LogP contribution in [0.2, 0.25) is 5.02 Å². The Morgan fingerprint density at radius 3 is 2.50 bits per heavy atom. The largest absolute Gasteiger partial charge is 0.344 e. The fourth-order valence-electron chi connectivity index (χ4n) is 5.77. The fraction of sp³-hybridized carbons (Fsp3) is 0.394. The van der Waals surface area contributed by atoms with Crippen molar-refractivity contribution in [3.8, 4) is 5.00 Å². The number of benzene rings is 2. The summed E-state index contributed by atoms with van der Waals surface area (Å²) in [5, 5.41) is 15.0. The summed E-state index contributed by atoms with van der Waals surface area (Å²) in [5.74, 6) is 1.71. The monoisotopic (exact) mass is 616 g/mol. The second-order valence-corrected chi connectivity index (χ2v) is 15.1. The summed E-state index contributed by atoms with van der Waals surface area (Å²) < 4.78 is 2.17. The number of aromatic nitrogens is 3. The molecule has 6 nitrogen and oxygen atoms in total. The van der Waals surface area contributed by atoms with Crippen molar-refractivity contribution in [2.45, 2.75) is 78.8 Å². The molecule has 0 fully saturated rings. The second kappa shape index (κ2) is 10.6. The van der Waals surface area contributed by atoms with Gasteiger partial charge in [-0.1, -0.05) is 83.5 Å². The topological polar surface area (TPSA) is 58.3 Å². The van der Waals surface area contributed by atoms with Crippen LogP contribution in [-0.4, -0.2) is 37.0 Å². The molecule has 0 aliphatic carbocycles. The van der Waals surface area contributed by atoms with Gasteiger partial charge >= 0.3 is 0 Å². The van der Waals surface area contributed by atoms with E-state index >= 15 is 0 Å². The number of thiophene rings is 1. The molecule has 4 aromatic rings. The quantitative estimate of drug-likeness (QED) is 0.231. The van der Waals surface area contributed by atoms with E-state index < -0.39 is 0 Å². The Hall–Kier alpha value is -3.07. The van der Waals surface area contributed by atoms with E-state index in [-0.39, 0.29) is 10.8 Å². The average molecular weight is 617 g/mol. The van der Waals surface area contributed by atoms with E-state index in [9.17, 15) is 0 Å². The molecule has 0 saturated carbocycles. The molecule has 0 unspecified atom stereocenters. The van der Waals surface area contributed by atoms with Crippen LogP contribution in [0.25, 0.3) is 5.00 Å². The van der Waals surface area contributed by atoms with Crippen LogP contribution in [0.15, 0.2) is 47.5 Å². The summed E-state index contributed by atoms with van der Waals surface area (Å²) >= 11 is 14.5. The van der Waals surface area contributed by atoms with Crippen molar-refractivity contribution in [3.05, 3.63) is 91.8 Å². The first-order valence-electron chi connectivity index (χ1n) is 14.4. The molecule has 9 heteroatoms. The van der Waals surface area contributed by atoms with Gasteiger partial charge in [-0.25, -0.2) is 0 Å². The van der Waals surface area contributed by atoms with Crippen LogP contribution in [-0.2, 0) is 30.3 Å². The van der Waals surface area contributed by atoms with Crippen molar-refractivity contribution in [2.24, 2.45) is 4.99 Å². The van der Waals surface area contributed by atoms with E-state index in [0.29, 0.717) is 11.6 Å². The number of thiocarbonyl (C=S) groups is 1. The van der Waals surface area contributed by atoms with Crippen LogP contribution in [0.4, 0.5) is 5.69 Å². The van der Waals surface area contributed by atoms with Gasteiger partial charge in [0.2, 0.25) is 0 Å². The van der Waals surface area contributed by atoms with Crippen LogP contribution in [0.3, 0.4) is 0 Å². The normalized spacial score (nSPS) is 15.0. The van der Waals surface area contributed by atoms with Crippen molar-refractivity contribution in [1.82, 2.24) is 19.7 Å². The standard InChI is InChI=1S/C33H37ClN6S2/c1-19-37-38-27-17-35-29(21-10-8-9-11-24(21)34)28-22-14-15-39(18-26(22)42-30(28)40(19)27)31(41)36-25-13-12-20(32(2,3)4)16-23(25)33(5,6)7/h8-13,16H,14-15,17-18H2,1-7H3,(H,36,41). The zero-order chi connectivity index (χ0) is 30.0. The van der Waals surface area contributed by atoms with Crippen LogP contribution >= 0.6 is 35.2 Å². The van der Waals surface area contributed by atoms with E-state index in [2.05, 4.69) is 90.8 Å². The smallest absolute Gasteiger partial charge is 0.173 e. The lowest BCUT2D eigenvalue weighted by Gasteiger charge is -2.32. The number of aryl methyl sites for hydroxylation is 1. The number of rotatable bonds is 2. The van der Waals surface area contributed by atoms with Gasteiger partial charge in [-0.05, 0) is 65.2 Å². The molecule has 2 aromatic heterocycles. The zero-order valence-electron chi connectivity index (χ0n) is 25.3. The number of hydrogen-bond donors (Lipinski definition) is 1. The summed E-state index contributed by atoms with van der Waals surface area (Å²) in [5.41, 5.74) is 8.07. The van der Waals surface area contributed by atoms with Gasteiger partial charge in [-0.15, -0.1) is 21.5 Å². The predicted molar refractivity (Wildman–Crippen MR) is 179 cm³/mol. The van der Waals surface area contributed by atoms with Crippen molar-refractivity contribution in [3.63, 3.8) is 0 Å². The molecule has 0 atom stereocenters. The minimum atomic E-state index is -0.0254. The predicted octanol–water partition coefficient (Wildman–Crippen LogP) is 7.99. The molecule has 4 heterocycles. The minimum Gasteiger partial charge on any atom is -0.344 e. The highest BCUT2D eigenvalue weighted by molar-refractivity contribution is 7.80. The molecule has 0 bridgehead atoms. The van der Waals surface area contributed by atoms with E-state index in [1.54, 1.807) is 11.3 Å². The summed E-state index contributed by atoms with van der Waals surface area (Å²) in [6.07, 6.45) is 0.859. The molecule has 0 spiro atoms. The van der Waals surface area contributed by atoms with Gasteiger partial charge in [0.1, 0.15) is 17.4 Å². The van der Waals surface area contributed by atoms with E-state index in [4.69, 9.17) is 28.8 Å². The lowest BCUT2D eigenvalue weighted by atomic mass is 9.80. The molecule has 2 aliphatic heterocycles. The summed E-state index contributed by atoms with van der Waals surface area (Å²) in [6.45, 7) is 17.6. The molecule has 0 radical (unpaired) electrons. The number of fused-ring (bicyclic) bond motifs is 5. The first kappa shape index (κ1) is 29.0. The maximum Gasteiger partial charge on any atom is 0.173 e. The second-order valence-electron chi connectivity index (χ2n) is 13.2. The zero-order valence-corrected chi connectivity index (χ0v) is 27.7. The fourth-order valence-corrected chi connectivity index (χ4v) is 7.70. The van der Waals surface area contributed by atoms with Gasteiger partial charge in [0.15, 0.2) is 10.9 Å². The number of anilines is 1. The van der Waals surface area contributed by atoms with E-state index in [1.165, 1.54) is 21.6 Å². The number of aliphatic imine (C=N–C) groups is 1. The average Bonchev–Trinajstić information content (AvgIpc) is 3.43. The van der Waals surface area contributed by atoms with Crippen molar-refractivity contribution in [1.29, 1.82) is 0 Å². The van der Waals surface area contributed by atoms with Crippen molar-refractivity contribution in [2.75, 3.05) is 11.9 Å². The lowest BCUT2D eigenvalue weighted by molar-refractivity contribution is 0.405. The lowest BCUT2D eigenvalue weighted by Crippen LogP contribution is -2.39. The Balaban J connectivity index is 1.35. The van der Waals surface area contributed by atoms with Crippen LogP contribution < -0.4 is 5.32 Å². The van der Waals surface area contributed by atoms with Gasteiger partial charge in [-0.3, -0.25) is 9.56 Å². The van der Waals surface area contributed by atoms with Crippen LogP contribution in [0, 0.1) is 6.92 Å². The highest BCUT2D eigenvalue weighted by Crippen LogP contribution is 2.41. The summed E-state index contributed by atoms with van der Waals surface area (Å²) in [4.78, 5) is 8.63. The molecular formula is C33H37ClN6S2. The third kappa shape index (κ3) is 5.18. The number of nitrogens with one attached hydrogen (secondary N) is 1. The Morgan fingerprint density at radius 2 is 1.79 bits per heavy atom. The minimum absolute atomic E-state index is 0.0254. The number of hydrogen-bond acceptors (Lipinski definition) is 5. The van der Waals surface area contributed by atoms with E-state index in [0.717, 1.165) is 63.8 Å². The molecular weight excluding hydrogens is 580 g/mol. The van der Waals surface area contributed by atoms with Gasteiger partial charge in [0, 0.05) is 33.3 Å². The molecule has 218 valence electrons. The Labute approximate surface area is 262 Å².